The fourth-order valence-electron chi connectivity index (χ4n) is 4.12. The van der Waals surface area contributed by atoms with Crippen LogP contribution in [0.5, 0.6) is 0 Å². The highest BCUT2D eigenvalue weighted by molar-refractivity contribution is 4.94. The molecule has 0 aromatic heterocycles. The second kappa shape index (κ2) is 4.87. The van der Waals surface area contributed by atoms with E-state index in [1.165, 1.54) is 44.9 Å². The van der Waals surface area contributed by atoms with E-state index < -0.39 is 0 Å². The molecule has 3 rings (SSSR count). The summed E-state index contributed by atoms with van der Waals surface area (Å²) in [5.41, 5.74) is 0.213. The molecule has 2 aliphatic carbocycles. The van der Waals surface area contributed by atoms with E-state index in [0.29, 0.717) is 18.8 Å². The number of aliphatic hydroxyl groups is 1. The largest absolute Gasteiger partial charge is 0.396 e. The highest BCUT2D eigenvalue weighted by atomic mass is 16.5. The van der Waals surface area contributed by atoms with Crippen molar-refractivity contribution in [2.45, 2.75) is 57.1 Å². The molecule has 17 heavy (non-hydrogen) atoms. The Kier molecular flexibility index (Phi) is 3.42. The summed E-state index contributed by atoms with van der Waals surface area (Å²) in [6.07, 6.45) is 9.40. The smallest absolute Gasteiger partial charge is 0.0730 e. The minimum absolute atomic E-state index is 0.213. The predicted octanol–water partition coefficient (Wildman–Crippen LogP) is 1.79. The number of fused-ring (bicyclic) bond motifs is 1. The summed E-state index contributed by atoms with van der Waals surface area (Å²) in [7, 11) is 0. The SMILES string of the molecule is OCC1(CN2CCOC3CCCC32)CCCC1. The first-order valence-electron chi connectivity index (χ1n) is 7.30. The molecule has 98 valence electrons. The Bertz CT molecular complexity index is 263. The first-order chi connectivity index (χ1) is 8.33. The van der Waals surface area contributed by atoms with Gasteiger partial charge in [0.25, 0.3) is 0 Å². The van der Waals surface area contributed by atoms with Gasteiger partial charge in [-0.15, -0.1) is 0 Å². The van der Waals surface area contributed by atoms with Gasteiger partial charge in [-0.1, -0.05) is 12.8 Å². The minimum Gasteiger partial charge on any atom is -0.396 e. The number of rotatable bonds is 3. The van der Waals surface area contributed by atoms with Gasteiger partial charge in [-0.25, -0.2) is 0 Å². The highest BCUT2D eigenvalue weighted by Crippen LogP contribution is 2.40. The van der Waals surface area contributed by atoms with Crippen LogP contribution >= 0.6 is 0 Å². The molecule has 2 saturated carbocycles. The Morgan fingerprint density at radius 2 is 2.00 bits per heavy atom. The third kappa shape index (κ3) is 2.25. The molecular weight excluding hydrogens is 214 g/mol. The van der Waals surface area contributed by atoms with Crippen molar-refractivity contribution in [3.63, 3.8) is 0 Å². The van der Waals surface area contributed by atoms with Crippen molar-refractivity contribution < 1.29 is 9.84 Å². The van der Waals surface area contributed by atoms with Crippen LogP contribution in [0.4, 0.5) is 0 Å². The zero-order chi connectivity index (χ0) is 11.7. The van der Waals surface area contributed by atoms with Crippen molar-refractivity contribution in [3.05, 3.63) is 0 Å². The van der Waals surface area contributed by atoms with Crippen molar-refractivity contribution in [3.8, 4) is 0 Å². The van der Waals surface area contributed by atoms with Crippen molar-refractivity contribution in [2.24, 2.45) is 5.41 Å². The number of hydrogen-bond donors (Lipinski definition) is 1. The van der Waals surface area contributed by atoms with Gasteiger partial charge in [0.1, 0.15) is 0 Å². The Morgan fingerprint density at radius 1 is 1.18 bits per heavy atom. The molecule has 2 atom stereocenters. The van der Waals surface area contributed by atoms with E-state index in [1.807, 2.05) is 0 Å². The Morgan fingerprint density at radius 3 is 2.76 bits per heavy atom. The van der Waals surface area contributed by atoms with Crippen LogP contribution in [0.2, 0.25) is 0 Å². The third-order valence-corrected chi connectivity index (χ3v) is 5.14. The average Bonchev–Trinajstić information content (AvgIpc) is 2.98. The predicted molar refractivity (Wildman–Crippen MR) is 66.9 cm³/mol. The molecule has 1 N–H and O–H groups in total. The maximum absolute atomic E-state index is 9.73. The lowest BCUT2D eigenvalue weighted by molar-refractivity contribution is -0.0733. The van der Waals surface area contributed by atoms with E-state index >= 15 is 0 Å². The maximum atomic E-state index is 9.73. The average molecular weight is 239 g/mol. The Labute approximate surface area is 104 Å². The standard InChI is InChI=1S/C14H25NO2/c16-11-14(6-1-2-7-14)10-15-8-9-17-13-5-3-4-12(13)15/h12-13,16H,1-11H2. The van der Waals surface area contributed by atoms with Crippen LogP contribution in [0, 0.1) is 5.41 Å². The second-order valence-corrected chi connectivity index (χ2v) is 6.24. The summed E-state index contributed by atoms with van der Waals surface area (Å²) >= 11 is 0. The summed E-state index contributed by atoms with van der Waals surface area (Å²) in [5.74, 6) is 0. The number of aliphatic hydroxyl groups excluding tert-OH is 1. The molecular formula is C14H25NO2. The molecule has 1 heterocycles. The molecule has 2 unspecified atom stereocenters. The van der Waals surface area contributed by atoms with Crippen molar-refractivity contribution in [1.82, 2.24) is 4.90 Å². The molecule has 0 aromatic carbocycles. The van der Waals surface area contributed by atoms with Crippen LogP contribution in [0.15, 0.2) is 0 Å². The summed E-state index contributed by atoms with van der Waals surface area (Å²) in [6.45, 7) is 3.45. The fourth-order valence-corrected chi connectivity index (χ4v) is 4.12. The molecule has 0 amide bonds. The molecule has 0 aromatic rings. The summed E-state index contributed by atoms with van der Waals surface area (Å²) in [6, 6.07) is 0.646. The first kappa shape index (κ1) is 11.9. The number of ether oxygens (including phenoxy) is 1. The number of morpholine rings is 1. The molecule has 3 aliphatic rings. The van der Waals surface area contributed by atoms with Gasteiger partial charge in [-0.05, 0) is 32.1 Å². The topological polar surface area (TPSA) is 32.7 Å². The third-order valence-electron chi connectivity index (χ3n) is 5.14. The Balaban J connectivity index is 1.66. The van der Waals surface area contributed by atoms with Crippen LogP contribution in [-0.2, 0) is 4.74 Å². The van der Waals surface area contributed by atoms with Gasteiger partial charge in [0, 0.05) is 31.2 Å². The molecule has 3 nitrogen and oxygen atoms in total. The summed E-state index contributed by atoms with van der Waals surface area (Å²) < 4.78 is 5.86. The van der Waals surface area contributed by atoms with E-state index in [1.54, 1.807) is 0 Å². The lowest BCUT2D eigenvalue weighted by Crippen LogP contribution is -2.52. The molecule has 3 fully saturated rings. The van der Waals surface area contributed by atoms with Gasteiger partial charge in [0.2, 0.25) is 0 Å². The van der Waals surface area contributed by atoms with Crippen molar-refractivity contribution >= 4 is 0 Å². The first-order valence-corrected chi connectivity index (χ1v) is 7.30. The van der Waals surface area contributed by atoms with E-state index in [9.17, 15) is 5.11 Å². The number of hydrogen-bond acceptors (Lipinski definition) is 3. The second-order valence-electron chi connectivity index (χ2n) is 6.24. The lowest BCUT2D eigenvalue weighted by atomic mass is 9.86. The maximum Gasteiger partial charge on any atom is 0.0730 e. The van der Waals surface area contributed by atoms with Gasteiger partial charge in [-0.3, -0.25) is 4.90 Å². The normalized spacial score (nSPS) is 37.2. The summed E-state index contributed by atoms with van der Waals surface area (Å²) in [4.78, 5) is 2.63. The molecule has 1 aliphatic heterocycles. The fraction of sp³-hybridized carbons (Fsp3) is 1.00. The quantitative estimate of drug-likeness (QED) is 0.815. The minimum atomic E-state index is 0.213. The van der Waals surface area contributed by atoms with Crippen LogP contribution in [-0.4, -0.2) is 48.5 Å². The van der Waals surface area contributed by atoms with Gasteiger partial charge in [0.15, 0.2) is 0 Å². The van der Waals surface area contributed by atoms with Gasteiger partial charge in [-0.2, -0.15) is 0 Å². The van der Waals surface area contributed by atoms with Crippen LogP contribution in [0.3, 0.4) is 0 Å². The van der Waals surface area contributed by atoms with E-state index in [0.717, 1.165) is 19.7 Å². The van der Waals surface area contributed by atoms with Crippen LogP contribution < -0.4 is 0 Å². The molecule has 3 heteroatoms. The Hall–Kier alpha value is -0.120. The summed E-state index contributed by atoms with van der Waals surface area (Å²) in [5, 5.41) is 9.73. The van der Waals surface area contributed by atoms with Gasteiger partial charge in [0.05, 0.1) is 12.7 Å². The molecule has 1 saturated heterocycles. The van der Waals surface area contributed by atoms with Crippen LogP contribution in [0.25, 0.3) is 0 Å². The van der Waals surface area contributed by atoms with E-state index in [2.05, 4.69) is 4.90 Å². The van der Waals surface area contributed by atoms with Crippen molar-refractivity contribution in [1.29, 1.82) is 0 Å². The number of nitrogens with zero attached hydrogens (tertiary/aromatic N) is 1. The highest BCUT2D eigenvalue weighted by Gasteiger charge is 2.41. The zero-order valence-electron chi connectivity index (χ0n) is 10.7. The van der Waals surface area contributed by atoms with Crippen LogP contribution in [0.1, 0.15) is 44.9 Å². The van der Waals surface area contributed by atoms with E-state index in [-0.39, 0.29) is 5.41 Å². The molecule has 0 radical (unpaired) electrons. The lowest BCUT2D eigenvalue weighted by Gasteiger charge is -2.42. The molecule has 0 spiro atoms. The zero-order valence-corrected chi connectivity index (χ0v) is 10.7. The van der Waals surface area contributed by atoms with Gasteiger partial charge < -0.3 is 9.84 Å². The van der Waals surface area contributed by atoms with Crippen molar-refractivity contribution in [2.75, 3.05) is 26.3 Å². The van der Waals surface area contributed by atoms with E-state index in [4.69, 9.17) is 4.74 Å². The van der Waals surface area contributed by atoms with Gasteiger partial charge >= 0.3 is 0 Å². The molecule has 0 bridgehead atoms. The monoisotopic (exact) mass is 239 g/mol.